The Morgan fingerprint density at radius 2 is 2.00 bits per heavy atom. The fourth-order valence-corrected chi connectivity index (χ4v) is 2.82. The molecule has 2 aromatic rings. The quantitative estimate of drug-likeness (QED) is 0.323. The molecule has 5 heteroatoms. The summed E-state index contributed by atoms with van der Waals surface area (Å²) in [7, 11) is 1.67. The van der Waals surface area contributed by atoms with Crippen LogP contribution in [0.15, 0.2) is 67.0 Å². The largest absolute Gasteiger partial charge is 0.497 e. The summed E-state index contributed by atoms with van der Waals surface area (Å²) in [6.45, 7) is 4.20. The predicted octanol–water partition coefficient (Wildman–Crippen LogP) is 4.13. The van der Waals surface area contributed by atoms with Crippen molar-refractivity contribution in [1.29, 1.82) is 0 Å². The van der Waals surface area contributed by atoms with Crippen LogP contribution in [0.4, 0.5) is 0 Å². The summed E-state index contributed by atoms with van der Waals surface area (Å²) < 4.78 is 5.23. The van der Waals surface area contributed by atoms with Crippen molar-refractivity contribution < 1.29 is 9.53 Å². The third-order valence-corrected chi connectivity index (χ3v) is 4.46. The number of pyridine rings is 1. The Labute approximate surface area is 173 Å². The lowest BCUT2D eigenvalue weighted by Crippen LogP contribution is -2.30. The Balaban J connectivity index is 1.79. The minimum Gasteiger partial charge on any atom is -0.497 e. The van der Waals surface area contributed by atoms with Gasteiger partial charge in [-0.1, -0.05) is 43.7 Å². The monoisotopic (exact) mass is 393 g/mol. The van der Waals surface area contributed by atoms with Gasteiger partial charge in [-0.3, -0.25) is 9.78 Å². The van der Waals surface area contributed by atoms with Crippen LogP contribution in [0, 0.1) is 0 Å². The first kappa shape index (κ1) is 22.4. The number of allylic oxidation sites excluding steroid dienone is 3. The average Bonchev–Trinajstić information content (AvgIpc) is 2.76. The van der Waals surface area contributed by atoms with Crippen molar-refractivity contribution in [1.82, 2.24) is 15.6 Å². The second-order valence-electron chi connectivity index (χ2n) is 6.71. The third-order valence-electron chi connectivity index (χ3n) is 4.46. The molecule has 1 aromatic carbocycles. The Bertz CT molecular complexity index is 784. The van der Waals surface area contributed by atoms with E-state index in [1.165, 1.54) is 5.57 Å². The minimum atomic E-state index is -0.0889. The van der Waals surface area contributed by atoms with Crippen LogP contribution in [0.5, 0.6) is 5.75 Å². The van der Waals surface area contributed by atoms with Gasteiger partial charge in [0.05, 0.1) is 7.11 Å². The Morgan fingerprint density at radius 3 is 2.69 bits per heavy atom. The fourth-order valence-electron chi connectivity index (χ4n) is 2.82. The smallest absolute Gasteiger partial charge is 0.244 e. The zero-order valence-corrected chi connectivity index (χ0v) is 17.4. The van der Waals surface area contributed by atoms with Crippen molar-refractivity contribution in [2.24, 2.45) is 0 Å². The number of carbonyl (C=O) groups is 1. The molecule has 0 spiro atoms. The van der Waals surface area contributed by atoms with Crippen molar-refractivity contribution >= 4 is 11.5 Å². The standard InChI is InChI=1S/C24H31N3O2/c1-3-4-8-21(22-11-13-23(29-2)14-12-22)9-5-10-24(28)27-17-16-26-19-20-7-6-15-25-18-20/h5-7,9-15,18,26H,3-4,8,16-17,19H2,1-2H3,(H,27,28). The van der Waals surface area contributed by atoms with Gasteiger partial charge in [0.1, 0.15) is 5.75 Å². The summed E-state index contributed by atoms with van der Waals surface area (Å²) in [5, 5.41) is 6.18. The lowest BCUT2D eigenvalue weighted by atomic mass is 9.99. The number of hydrogen-bond donors (Lipinski definition) is 2. The van der Waals surface area contributed by atoms with Crippen LogP contribution in [0.1, 0.15) is 37.3 Å². The van der Waals surface area contributed by atoms with Crippen LogP contribution in [-0.4, -0.2) is 31.1 Å². The number of ether oxygens (including phenoxy) is 1. The second kappa shape index (κ2) is 13.3. The summed E-state index contributed by atoms with van der Waals surface area (Å²) in [6.07, 6.45) is 12.2. The van der Waals surface area contributed by atoms with Crippen molar-refractivity contribution in [3.63, 3.8) is 0 Å². The van der Waals surface area contributed by atoms with Crippen molar-refractivity contribution in [3.05, 3.63) is 78.1 Å². The molecule has 0 aliphatic rings. The third kappa shape index (κ3) is 8.75. The van der Waals surface area contributed by atoms with Crippen LogP contribution in [0.3, 0.4) is 0 Å². The second-order valence-corrected chi connectivity index (χ2v) is 6.71. The van der Waals surface area contributed by atoms with Crippen LogP contribution in [0.2, 0.25) is 0 Å². The van der Waals surface area contributed by atoms with Crippen molar-refractivity contribution in [2.75, 3.05) is 20.2 Å². The van der Waals surface area contributed by atoms with Gasteiger partial charge in [0.25, 0.3) is 0 Å². The van der Waals surface area contributed by atoms with Crippen LogP contribution in [-0.2, 0) is 11.3 Å². The summed E-state index contributed by atoms with van der Waals surface area (Å²) in [5.41, 5.74) is 3.50. The van der Waals surface area contributed by atoms with E-state index >= 15 is 0 Å². The number of aromatic nitrogens is 1. The van der Waals surface area contributed by atoms with Gasteiger partial charge in [-0.15, -0.1) is 0 Å². The number of nitrogens with zero attached hydrogens (tertiary/aromatic N) is 1. The molecular weight excluding hydrogens is 362 g/mol. The van der Waals surface area contributed by atoms with E-state index in [2.05, 4.69) is 34.7 Å². The number of rotatable bonds is 12. The number of benzene rings is 1. The maximum Gasteiger partial charge on any atom is 0.244 e. The normalized spacial score (nSPS) is 11.6. The molecule has 0 fully saturated rings. The van der Waals surface area contributed by atoms with E-state index in [0.717, 1.165) is 42.7 Å². The first-order valence-corrected chi connectivity index (χ1v) is 10.1. The van der Waals surface area contributed by atoms with Crippen molar-refractivity contribution in [3.8, 4) is 5.75 Å². The summed E-state index contributed by atoms with van der Waals surface area (Å²) in [6, 6.07) is 12.0. The van der Waals surface area contributed by atoms with Gasteiger partial charge >= 0.3 is 0 Å². The molecule has 1 heterocycles. The molecule has 0 aliphatic heterocycles. The highest BCUT2D eigenvalue weighted by atomic mass is 16.5. The van der Waals surface area contributed by atoms with Gasteiger partial charge in [-0.05, 0) is 47.7 Å². The van der Waals surface area contributed by atoms with E-state index in [4.69, 9.17) is 4.74 Å². The Morgan fingerprint density at radius 1 is 1.17 bits per heavy atom. The molecule has 0 aliphatic carbocycles. The van der Waals surface area contributed by atoms with Gasteiger partial charge in [0.2, 0.25) is 5.91 Å². The summed E-state index contributed by atoms with van der Waals surface area (Å²) >= 11 is 0. The highest BCUT2D eigenvalue weighted by Crippen LogP contribution is 2.23. The number of carbonyl (C=O) groups excluding carboxylic acids is 1. The molecule has 29 heavy (non-hydrogen) atoms. The first-order chi connectivity index (χ1) is 14.2. The van der Waals surface area contributed by atoms with E-state index < -0.39 is 0 Å². The SMILES string of the molecule is CCCCC(=CC=CC(=O)NCCNCc1cccnc1)c1ccc(OC)cc1. The van der Waals surface area contributed by atoms with Gasteiger partial charge in [-0.2, -0.15) is 0 Å². The van der Waals surface area contributed by atoms with E-state index in [0.29, 0.717) is 13.1 Å². The van der Waals surface area contributed by atoms with E-state index in [1.807, 2.05) is 42.6 Å². The Kier molecular flexibility index (Phi) is 10.3. The highest BCUT2D eigenvalue weighted by Gasteiger charge is 2.02. The van der Waals surface area contributed by atoms with E-state index in [9.17, 15) is 4.79 Å². The van der Waals surface area contributed by atoms with Gasteiger partial charge in [-0.25, -0.2) is 0 Å². The van der Waals surface area contributed by atoms with Crippen molar-refractivity contribution in [2.45, 2.75) is 32.7 Å². The topological polar surface area (TPSA) is 63.2 Å². The molecule has 0 radical (unpaired) electrons. The number of nitrogens with one attached hydrogen (secondary N) is 2. The highest BCUT2D eigenvalue weighted by molar-refractivity contribution is 5.88. The minimum absolute atomic E-state index is 0.0889. The Hall–Kier alpha value is -2.92. The molecule has 0 bridgehead atoms. The average molecular weight is 394 g/mol. The van der Waals surface area contributed by atoms with Crippen LogP contribution < -0.4 is 15.4 Å². The van der Waals surface area contributed by atoms with Crippen LogP contribution in [0.25, 0.3) is 5.57 Å². The molecule has 0 atom stereocenters. The number of amides is 1. The molecule has 2 rings (SSSR count). The van der Waals surface area contributed by atoms with E-state index in [-0.39, 0.29) is 5.91 Å². The zero-order valence-electron chi connectivity index (χ0n) is 17.4. The molecule has 1 amide bonds. The number of hydrogen-bond acceptors (Lipinski definition) is 4. The lowest BCUT2D eigenvalue weighted by Gasteiger charge is -2.08. The maximum absolute atomic E-state index is 12.0. The molecule has 0 unspecified atom stereocenters. The maximum atomic E-state index is 12.0. The summed E-state index contributed by atoms with van der Waals surface area (Å²) in [5.74, 6) is 0.754. The number of methoxy groups -OCH3 is 1. The molecule has 2 N–H and O–H groups in total. The van der Waals surface area contributed by atoms with E-state index in [1.54, 1.807) is 19.4 Å². The molecule has 1 aromatic heterocycles. The molecular formula is C24H31N3O2. The lowest BCUT2D eigenvalue weighted by molar-refractivity contribution is -0.116. The predicted molar refractivity (Wildman–Crippen MR) is 119 cm³/mol. The fraction of sp³-hybridized carbons (Fsp3) is 0.333. The molecule has 154 valence electrons. The summed E-state index contributed by atoms with van der Waals surface area (Å²) in [4.78, 5) is 16.1. The van der Waals surface area contributed by atoms with Gasteiger partial charge < -0.3 is 15.4 Å². The van der Waals surface area contributed by atoms with Gasteiger partial charge in [0, 0.05) is 38.1 Å². The van der Waals surface area contributed by atoms with Crippen LogP contribution >= 0.6 is 0 Å². The molecule has 5 nitrogen and oxygen atoms in total. The first-order valence-electron chi connectivity index (χ1n) is 10.1. The molecule has 0 saturated carbocycles. The molecule has 0 saturated heterocycles. The zero-order chi connectivity index (χ0) is 20.7. The number of unbranched alkanes of at least 4 members (excludes halogenated alkanes) is 1. The van der Waals surface area contributed by atoms with Gasteiger partial charge in [0.15, 0.2) is 0 Å².